The molecule has 1 atom stereocenters. The molecule has 2 aliphatic heterocycles. The van der Waals surface area contributed by atoms with Crippen LogP contribution in [0.25, 0.3) is 11.3 Å². The highest BCUT2D eigenvalue weighted by Crippen LogP contribution is 2.40. The fraction of sp³-hybridized carbons (Fsp3) is 0.526. The van der Waals surface area contributed by atoms with Crippen LogP contribution in [0.1, 0.15) is 30.7 Å². The van der Waals surface area contributed by atoms with Crippen molar-refractivity contribution in [2.75, 3.05) is 26.3 Å². The highest BCUT2D eigenvalue weighted by molar-refractivity contribution is 7.89. The smallest absolute Gasteiger partial charge is 0.243 e. The average Bonchev–Trinajstić information content (AvgIpc) is 3.25. The minimum atomic E-state index is -3.56. The molecule has 3 heterocycles. The first-order valence-electron chi connectivity index (χ1n) is 9.01. The minimum Gasteiger partial charge on any atom is -0.441 e. The van der Waals surface area contributed by atoms with Gasteiger partial charge in [0, 0.05) is 37.6 Å². The fourth-order valence-electron chi connectivity index (χ4n) is 4.00. The van der Waals surface area contributed by atoms with Gasteiger partial charge in [-0.15, -0.1) is 0 Å². The number of benzene rings is 1. The molecule has 2 aliphatic rings. The van der Waals surface area contributed by atoms with Crippen molar-refractivity contribution in [1.29, 1.82) is 0 Å². The lowest BCUT2D eigenvalue weighted by Crippen LogP contribution is -2.46. The van der Waals surface area contributed by atoms with E-state index in [2.05, 4.69) is 4.98 Å². The SMILES string of the molecule is Cc1ncc(-c2ccc(C)c(S(=O)(=O)N3CCC[C@@]4(CCOC4)C3)c2)o1. The molecule has 1 aromatic carbocycles. The summed E-state index contributed by atoms with van der Waals surface area (Å²) in [5, 5.41) is 0. The number of piperidine rings is 1. The zero-order chi connectivity index (χ0) is 18.4. The second kappa shape index (κ2) is 6.48. The number of aromatic nitrogens is 1. The van der Waals surface area contributed by atoms with Gasteiger partial charge in [-0.25, -0.2) is 13.4 Å². The molecular formula is C19H24N2O4S. The third kappa shape index (κ3) is 3.08. The summed E-state index contributed by atoms with van der Waals surface area (Å²) in [5.74, 6) is 1.14. The molecule has 0 saturated carbocycles. The van der Waals surface area contributed by atoms with Crippen molar-refractivity contribution in [3.8, 4) is 11.3 Å². The number of aryl methyl sites for hydroxylation is 2. The number of rotatable bonds is 3. The Morgan fingerprint density at radius 1 is 1.23 bits per heavy atom. The largest absolute Gasteiger partial charge is 0.441 e. The first kappa shape index (κ1) is 17.7. The summed E-state index contributed by atoms with van der Waals surface area (Å²) in [6.45, 7) is 6.10. The Kier molecular flexibility index (Phi) is 4.41. The second-order valence-corrected chi connectivity index (χ2v) is 9.37. The maximum Gasteiger partial charge on any atom is 0.243 e. The topological polar surface area (TPSA) is 72.6 Å². The lowest BCUT2D eigenvalue weighted by Gasteiger charge is -2.38. The van der Waals surface area contributed by atoms with E-state index in [0.717, 1.165) is 37.0 Å². The summed E-state index contributed by atoms with van der Waals surface area (Å²) in [6, 6.07) is 5.41. The van der Waals surface area contributed by atoms with E-state index in [4.69, 9.17) is 9.15 Å². The molecule has 26 heavy (non-hydrogen) atoms. The van der Waals surface area contributed by atoms with E-state index in [1.54, 1.807) is 23.5 Å². The van der Waals surface area contributed by atoms with E-state index in [-0.39, 0.29) is 5.41 Å². The molecule has 0 unspecified atom stereocenters. The van der Waals surface area contributed by atoms with Crippen LogP contribution in [0, 0.1) is 19.3 Å². The lowest BCUT2D eigenvalue weighted by molar-refractivity contribution is 0.105. The molecule has 0 bridgehead atoms. The summed E-state index contributed by atoms with van der Waals surface area (Å²) in [4.78, 5) is 4.45. The number of oxazole rings is 1. The van der Waals surface area contributed by atoms with Gasteiger partial charge in [0.15, 0.2) is 11.7 Å². The first-order chi connectivity index (χ1) is 12.4. The first-order valence-corrected chi connectivity index (χ1v) is 10.5. The Balaban J connectivity index is 1.69. The van der Waals surface area contributed by atoms with Crippen LogP contribution < -0.4 is 0 Å². The van der Waals surface area contributed by atoms with Crippen LogP contribution >= 0.6 is 0 Å². The van der Waals surface area contributed by atoms with Crippen LogP contribution in [0.15, 0.2) is 33.7 Å². The molecule has 140 valence electrons. The van der Waals surface area contributed by atoms with Crippen LogP contribution in [0.3, 0.4) is 0 Å². The lowest BCUT2D eigenvalue weighted by atomic mass is 9.80. The van der Waals surface area contributed by atoms with Gasteiger partial charge in [0.1, 0.15) is 0 Å². The van der Waals surface area contributed by atoms with Gasteiger partial charge in [-0.3, -0.25) is 0 Å². The van der Waals surface area contributed by atoms with Crippen molar-refractivity contribution in [2.45, 2.75) is 38.0 Å². The normalized spacial score (nSPS) is 24.4. The van der Waals surface area contributed by atoms with Gasteiger partial charge >= 0.3 is 0 Å². The summed E-state index contributed by atoms with van der Waals surface area (Å²) in [6.07, 6.45) is 4.48. The Morgan fingerprint density at radius 3 is 2.77 bits per heavy atom. The van der Waals surface area contributed by atoms with Crippen LogP contribution in [0.4, 0.5) is 0 Å². The Hall–Kier alpha value is -1.70. The molecule has 2 saturated heterocycles. The molecule has 1 spiro atoms. The number of sulfonamides is 1. The summed E-state index contributed by atoms with van der Waals surface area (Å²) in [7, 11) is -3.56. The van der Waals surface area contributed by atoms with Crippen molar-refractivity contribution < 1.29 is 17.6 Å². The van der Waals surface area contributed by atoms with Crippen molar-refractivity contribution in [3.63, 3.8) is 0 Å². The molecule has 6 nitrogen and oxygen atoms in total. The van der Waals surface area contributed by atoms with Crippen molar-refractivity contribution in [2.24, 2.45) is 5.41 Å². The van der Waals surface area contributed by atoms with Crippen LogP contribution in [0.2, 0.25) is 0 Å². The number of hydrogen-bond acceptors (Lipinski definition) is 5. The highest BCUT2D eigenvalue weighted by atomic mass is 32.2. The van der Waals surface area contributed by atoms with E-state index in [1.807, 2.05) is 19.1 Å². The zero-order valence-electron chi connectivity index (χ0n) is 15.2. The van der Waals surface area contributed by atoms with Gasteiger partial charge in [-0.1, -0.05) is 12.1 Å². The van der Waals surface area contributed by atoms with E-state index >= 15 is 0 Å². The number of nitrogens with zero attached hydrogens (tertiary/aromatic N) is 2. The highest BCUT2D eigenvalue weighted by Gasteiger charge is 2.42. The third-order valence-electron chi connectivity index (χ3n) is 5.52. The monoisotopic (exact) mass is 376 g/mol. The summed E-state index contributed by atoms with van der Waals surface area (Å²) in [5.41, 5.74) is 1.46. The van der Waals surface area contributed by atoms with E-state index in [9.17, 15) is 8.42 Å². The molecule has 0 amide bonds. The van der Waals surface area contributed by atoms with Gasteiger partial charge in [-0.2, -0.15) is 4.31 Å². The Labute approximate surface area is 154 Å². The van der Waals surface area contributed by atoms with Gasteiger partial charge in [0.05, 0.1) is 17.7 Å². The number of hydrogen-bond donors (Lipinski definition) is 0. The van der Waals surface area contributed by atoms with E-state index < -0.39 is 10.0 Å². The van der Waals surface area contributed by atoms with Crippen molar-refractivity contribution in [1.82, 2.24) is 9.29 Å². The van der Waals surface area contributed by atoms with E-state index in [1.165, 1.54) is 0 Å². The van der Waals surface area contributed by atoms with Gasteiger partial charge in [0.2, 0.25) is 10.0 Å². The predicted molar refractivity (Wildman–Crippen MR) is 97.3 cm³/mol. The number of ether oxygens (including phenoxy) is 1. The molecular weight excluding hydrogens is 352 g/mol. The third-order valence-corrected chi connectivity index (χ3v) is 7.51. The second-order valence-electron chi connectivity index (χ2n) is 7.47. The standard InChI is InChI=1S/C19H24N2O4S/c1-14-4-5-16(17-11-20-15(2)25-17)10-18(14)26(22,23)21-8-3-6-19(12-21)7-9-24-13-19/h4-5,10-11H,3,6-9,12-13H2,1-2H3/t19-/m1/s1. The average molecular weight is 376 g/mol. The fourth-order valence-corrected chi connectivity index (χ4v) is 5.85. The molecule has 0 N–H and O–H groups in total. The molecule has 7 heteroatoms. The minimum absolute atomic E-state index is 0.0150. The van der Waals surface area contributed by atoms with Gasteiger partial charge in [0.25, 0.3) is 0 Å². The van der Waals surface area contributed by atoms with Crippen LogP contribution in [-0.4, -0.2) is 44.0 Å². The Bertz CT molecular complexity index is 913. The van der Waals surface area contributed by atoms with Crippen molar-refractivity contribution >= 4 is 10.0 Å². The van der Waals surface area contributed by atoms with Gasteiger partial charge in [-0.05, 0) is 37.8 Å². The Morgan fingerprint density at radius 2 is 2.08 bits per heavy atom. The van der Waals surface area contributed by atoms with Gasteiger partial charge < -0.3 is 9.15 Å². The summed E-state index contributed by atoms with van der Waals surface area (Å²) < 4.78 is 39.5. The molecule has 1 aromatic heterocycles. The van der Waals surface area contributed by atoms with E-state index in [0.29, 0.717) is 36.2 Å². The molecule has 2 fully saturated rings. The molecule has 0 radical (unpaired) electrons. The summed E-state index contributed by atoms with van der Waals surface area (Å²) >= 11 is 0. The predicted octanol–water partition coefficient (Wildman–Crippen LogP) is 3.15. The zero-order valence-corrected chi connectivity index (χ0v) is 16.0. The van der Waals surface area contributed by atoms with Crippen LogP contribution in [-0.2, 0) is 14.8 Å². The van der Waals surface area contributed by atoms with Crippen LogP contribution in [0.5, 0.6) is 0 Å². The quantitative estimate of drug-likeness (QED) is 0.823. The molecule has 0 aliphatic carbocycles. The van der Waals surface area contributed by atoms with Crippen molar-refractivity contribution in [3.05, 3.63) is 35.9 Å². The maximum atomic E-state index is 13.4. The molecule has 4 rings (SSSR count). The molecule has 2 aromatic rings. The maximum absolute atomic E-state index is 13.4.